The van der Waals surface area contributed by atoms with Crippen LogP contribution in [0.2, 0.25) is 0 Å². The zero-order valence-electron chi connectivity index (χ0n) is 33.2. The molecule has 0 aromatic heterocycles. The molecule has 10 rings (SSSR count). The second kappa shape index (κ2) is 16.7. The van der Waals surface area contributed by atoms with Gasteiger partial charge < -0.3 is 9.47 Å². The Kier molecular flexibility index (Phi) is 10.2. The van der Waals surface area contributed by atoms with Crippen molar-refractivity contribution in [1.82, 2.24) is 0 Å². The van der Waals surface area contributed by atoms with Crippen molar-refractivity contribution in [2.45, 2.75) is 13.2 Å². The van der Waals surface area contributed by atoms with E-state index in [0.29, 0.717) is 13.2 Å². The summed E-state index contributed by atoms with van der Waals surface area (Å²) in [6.07, 6.45) is 0. The van der Waals surface area contributed by atoms with Crippen molar-refractivity contribution < 1.29 is 9.47 Å². The minimum atomic E-state index is 0.390. The van der Waals surface area contributed by atoms with Crippen molar-refractivity contribution in [1.29, 1.82) is 0 Å². The van der Waals surface area contributed by atoms with Crippen molar-refractivity contribution in [2.75, 3.05) is 0 Å². The van der Waals surface area contributed by atoms with Crippen LogP contribution in [0.3, 0.4) is 0 Å². The molecule has 60 heavy (non-hydrogen) atoms. The number of hydrogen-bond acceptors (Lipinski definition) is 2. The fourth-order valence-electron chi connectivity index (χ4n) is 8.32. The van der Waals surface area contributed by atoms with Gasteiger partial charge in [0.2, 0.25) is 0 Å². The lowest BCUT2D eigenvalue weighted by Crippen LogP contribution is -2.02. The van der Waals surface area contributed by atoms with Crippen LogP contribution in [0.1, 0.15) is 11.1 Å². The molecule has 0 heterocycles. The van der Waals surface area contributed by atoms with Crippen LogP contribution in [0.4, 0.5) is 0 Å². The third kappa shape index (κ3) is 7.67. The Morgan fingerprint density at radius 3 is 0.883 bits per heavy atom. The molecule has 10 aromatic rings. The molecule has 0 amide bonds. The van der Waals surface area contributed by atoms with Crippen LogP contribution in [0.15, 0.2) is 231 Å². The fraction of sp³-hybridized carbons (Fsp3) is 0.0345. The molecule has 0 atom stereocenters. The zero-order valence-corrected chi connectivity index (χ0v) is 33.2. The third-order valence-corrected chi connectivity index (χ3v) is 11.2. The van der Waals surface area contributed by atoms with Gasteiger partial charge in [-0.05, 0) is 126 Å². The molecular weight excluding hydrogens is 729 g/mol. The second-order valence-electron chi connectivity index (χ2n) is 15.2. The van der Waals surface area contributed by atoms with E-state index in [1.807, 2.05) is 0 Å². The maximum atomic E-state index is 7.01. The highest BCUT2D eigenvalue weighted by molar-refractivity contribution is 6.09. The lowest BCUT2D eigenvalue weighted by molar-refractivity contribution is 0.303. The van der Waals surface area contributed by atoms with E-state index in [9.17, 15) is 0 Å². The molecule has 0 unspecified atom stereocenters. The van der Waals surface area contributed by atoms with E-state index in [4.69, 9.17) is 9.47 Å². The maximum absolute atomic E-state index is 7.01. The number of rotatable bonds is 11. The van der Waals surface area contributed by atoms with E-state index in [-0.39, 0.29) is 0 Å². The summed E-state index contributed by atoms with van der Waals surface area (Å²) >= 11 is 0. The smallest absolute Gasteiger partial charge is 0.128 e. The van der Waals surface area contributed by atoms with Gasteiger partial charge in [0.15, 0.2) is 0 Å². The quantitative estimate of drug-likeness (QED) is 0.130. The Morgan fingerprint density at radius 2 is 0.550 bits per heavy atom. The van der Waals surface area contributed by atoms with Gasteiger partial charge in [-0.3, -0.25) is 0 Å². The number of benzene rings is 10. The largest absolute Gasteiger partial charge is 0.488 e. The number of fused-ring (bicyclic) bond motifs is 2. The van der Waals surface area contributed by atoms with E-state index in [2.05, 4.69) is 231 Å². The molecule has 0 aliphatic carbocycles. The van der Waals surface area contributed by atoms with Crippen LogP contribution in [-0.2, 0) is 13.2 Å². The van der Waals surface area contributed by atoms with Gasteiger partial charge >= 0.3 is 0 Å². The highest BCUT2D eigenvalue weighted by Gasteiger charge is 2.20. The molecule has 0 bridgehead atoms. The van der Waals surface area contributed by atoms with Gasteiger partial charge in [-0.1, -0.05) is 182 Å². The van der Waals surface area contributed by atoms with Crippen molar-refractivity contribution in [3.63, 3.8) is 0 Å². The first kappa shape index (κ1) is 36.6. The molecule has 0 aliphatic rings. The average Bonchev–Trinajstić information content (AvgIpc) is 3.33. The van der Waals surface area contributed by atoms with Crippen LogP contribution in [-0.4, -0.2) is 0 Å². The molecular formula is C58H42O2. The van der Waals surface area contributed by atoms with Crippen molar-refractivity contribution in [3.05, 3.63) is 242 Å². The molecule has 2 nitrogen and oxygen atoms in total. The summed E-state index contributed by atoms with van der Waals surface area (Å²) in [6.45, 7) is 0.780. The second-order valence-corrected chi connectivity index (χ2v) is 15.2. The first-order valence-electron chi connectivity index (χ1n) is 20.5. The molecule has 2 heteroatoms. The first-order valence-corrected chi connectivity index (χ1v) is 20.5. The Balaban J connectivity index is 1.07. The van der Waals surface area contributed by atoms with E-state index in [1.165, 1.54) is 22.3 Å². The van der Waals surface area contributed by atoms with Crippen LogP contribution >= 0.6 is 0 Å². The summed E-state index contributed by atoms with van der Waals surface area (Å²) in [5.74, 6) is 1.61. The standard InChI is InChI=1S/C58H42O2/c1-5-17-43(18-6-1)49-33-41(34-50(37-49)44-19-7-2-8-20-44)39-59-55-31-29-47-25-13-15-27-53(47)57(55)58-54-28-16-14-26-48(54)30-32-56(58)60-40-42-35-51(45-21-9-3-10-22-45)38-52(36-42)46-23-11-4-12-24-46/h1-38H,39-40H2. The SMILES string of the molecule is c1ccc(-c2cc(COc3ccc4ccccc4c3-c3c(OCc4cc(-c5ccccc5)cc(-c5ccccc5)c4)ccc4ccccc34)cc(-c3ccccc3)c2)cc1. The zero-order chi connectivity index (χ0) is 40.1. The minimum absolute atomic E-state index is 0.390. The van der Waals surface area contributed by atoms with E-state index >= 15 is 0 Å². The van der Waals surface area contributed by atoms with Gasteiger partial charge in [0.1, 0.15) is 24.7 Å². The lowest BCUT2D eigenvalue weighted by Gasteiger charge is -2.20. The van der Waals surface area contributed by atoms with Gasteiger partial charge in [0, 0.05) is 11.1 Å². The topological polar surface area (TPSA) is 18.5 Å². The Morgan fingerprint density at radius 1 is 0.250 bits per heavy atom. The van der Waals surface area contributed by atoms with Gasteiger partial charge in [-0.25, -0.2) is 0 Å². The first-order chi connectivity index (χ1) is 29.7. The maximum Gasteiger partial charge on any atom is 0.128 e. The molecule has 10 aromatic carbocycles. The van der Waals surface area contributed by atoms with Crippen LogP contribution < -0.4 is 9.47 Å². The lowest BCUT2D eigenvalue weighted by atomic mass is 9.92. The Hall–Kier alpha value is -7.68. The molecule has 0 saturated heterocycles. The highest BCUT2D eigenvalue weighted by atomic mass is 16.5. The summed E-state index contributed by atoms with van der Waals surface area (Å²) < 4.78 is 14.0. The van der Waals surface area contributed by atoms with E-state index in [1.54, 1.807) is 0 Å². The van der Waals surface area contributed by atoms with Crippen molar-refractivity contribution >= 4 is 21.5 Å². The molecule has 286 valence electrons. The predicted molar refractivity (Wildman–Crippen MR) is 250 cm³/mol. The van der Waals surface area contributed by atoms with Gasteiger partial charge in [-0.2, -0.15) is 0 Å². The van der Waals surface area contributed by atoms with Gasteiger partial charge in [0.05, 0.1) is 0 Å². The number of hydrogen-bond donors (Lipinski definition) is 0. The minimum Gasteiger partial charge on any atom is -0.488 e. The monoisotopic (exact) mass is 770 g/mol. The summed E-state index contributed by atoms with van der Waals surface area (Å²) in [5, 5.41) is 4.49. The number of ether oxygens (including phenoxy) is 2. The predicted octanol–water partition coefficient (Wildman–Crippen LogP) is 15.5. The summed E-state index contributed by atoms with van der Waals surface area (Å²) in [5.41, 5.74) is 13.5. The molecule has 0 aliphatic heterocycles. The van der Waals surface area contributed by atoms with Crippen molar-refractivity contribution in [3.8, 4) is 67.1 Å². The summed E-state index contributed by atoms with van der Waals surface area (Å²) in [6, 6.07) is 81.6. The molecule has 0 radical (unpaired) electrons. The summed E-state index contributed by atoms with van der Waals surface area (Å²) in [4.78, 5) is 0. The average molecular weight is 771 g/mol. The summed E-state index contributed by atoms with van der Waals surface area (Å²) in [7, 11) is 0. The van der Waals surface area contributed by atoms with Crippen LogP contribution in [0.5, 0.6) is 11.5 Å². The Labute approximate surface area is 351 Å². The molecule has 0 spiro atoms. The van der Waals surface area contributed by atoms with Gasteiger partial charge in [0.25, 0.3) is 0 Å². The normalized spacial score (nSPS) is 11.1. The van der Waals surface area contributed by atoms with Crippen LogP contribution in [0.25, 0.3) is 77.2 Å². The Bertz CT molecular complexity index is 2740. The van der Waals surface area contributed by atoms with E-state index in [0.717, 1.165) is 77.6 Å². The van der Waals surface area contributed by atoms with E-state index < -0.39 is 0 Å². The van der Waals surface area contributed by atoms with Crippen LogP contribution in [0, 0.1) is 0 Å². The van der Waals surface area contributed by atoms with Gasteiger partial charge in [-0.15, -0.1) is 0 Å². The molecule has 0 fully saturated rings. The molecule has 0 saturated carbocycles. The highest BCUT2D eigenvalue weighted by Crippen LogP contribution is 2.46. The third-order valence-electron chi connectivity index (χ3n) is 11.2. The fourth-order valence-corrected chi connectivity index (χ4v) is 8.32. The molecule has 0 N–H and O–H groups in total. The van der Waals surface area contributed by atoms with Crippen molar-refractivity contribution in [2.24, 2.45) is 0 Å².